The summed E-state index contributed by atoms with van der Waals surface area (Å²) < 4.78 is 0. The van der Waals surface area contributed by atoms with E-state index in [0.29, 0.717) is 0 Å². The number of hydrogen-bond donors (Lipinski definition) is 1. The molecule has 0 aromatic rings. The fourth-order valence-electron chi connectivity index (χ4n) is 2.45. The van der Waals surface area contributed by atoms with Gasteiger partial charge >= 0.3 is 0 Å². The fraction of sp³-hybridized carbons (Fsp3) is 1.00. The lowest BCUT2D eigenvalue weighted by atomic mass is 10.0. The van der Waals surface area contributed by atoms with Crippen LogP contribution >= 0.6 is 0 Å². The summed E-state index contributed by atoms with van der Waals surface area (Å²) in [7, 11) is 2.13. The quantitative estimate of drug-likeness (QED) is 0.586. The molecule has 0 amide bonds. The summed E-state index contributed by atoms with van der Waals surface area (Å²) in [6.45, 7) is 4.66. The van der Waals surface area contributed by atoms with Gasteiger partial charge in [-0.2, -0.15) is 0 Å². The molecule has 1 aliphatic rings. The molecule has 0 aromatic carbocycles. The topological polar surface area (TPSA) is 12.0 Å². The van der Waals surface area contributed by atoms with E-state index in [4.69, 9.17) is 0 Å². The molecule has 0 radical (unpaired) electrons. The van der Waals surface area contributed by atoms with Crippen molar-refractivity contribution in [1.82, 2.24) is 5.32 Å². The molecule has 14 heavy (non-hydrogen) atoms. The molecule has 1 aliphatic carbocycles. The number of unbranched alkanes of at least 4 members (excludes halogenated alkanes) is 4. The molecule has 1 saturated carbocycles. The van der Waals surface area contributed by atoms with Gasteiger partial charge in [0.05, 0.1) is 0 Å². The minimum Gasteiger partial charge on any atom is -0.317 e. The van der Waals surface area contributed by atoms with Crippen molar-refractivity contribution in [2.24, 2.45) is 11.8 Å². The van der Waals surface area contributed by atoms with Crippen molar-refractivity contribution < 1.29 is 0 Å². The second kappa shape index (κ2) is 6.44. The van der Waals surface area contributed by atoms with Gasteiger partial charge in [0.1, 0.15) is 0 Å². The van der Waals surface area contributed by atoms with Crippen molar-refractivity contribution in [3.8, 4) is 0 Å². The number of hydrogen-bond acceptors (Lipinski definition) is 1. The summed E-state index contributed by atoms with van der Waals surface area (Å²) in [6, 6.07) is 0.812. The fourth-order valence-corrected chi connectivity index (χ4v) is 2.45. The van der Waals surface area contributed by atoms with Crippen LogP contribution < -0.4 is 5.32 Å². The van der Waals surface area contributed by atoms with Crippen molar-refractivity contribution in [3.05, 3.63) is 0 Å². The van der Waals surface area contributed by atoms with Gasteiger partial charge in [-0.3, -0.25) is 0 Å². The van der Waals surface area contributed by atoms with Gasteiger partial charge in [0.25, 0.3) is 0 Å². The molecule has 0 bridgehead atoms. The van der Waals surface area contributed by atoms with Crippen LogP contribution in [-0.2, 0) is 0 Å². The van der Waals surface area contributed by atoms with Crippen LogP contribution in [0.1, 0.15) is 58.8 Å². The lowest BCUT2D eigenvalue weighted by molar-refractivity contribution is 0.429. The van der Waals surface area contributed by atoms with Gasteiger partial charge in [-0.1, -0.05) is 46.0 Å². The summed E-state index contributed by atoms with van der Waals surface area (Å²) in [6.07, 6.45) is 9.93. The van der Waals surface area contributed by atoms with E-state index < -0.39 is 0 Å². The van der Waals surface area contributed by atoms with E-state index in [2.05, 4.69) is 26.2 Å². The highest BCUT2D eigenvalue weighted by molar-refractivity contribution is 4.91. The summed E-state index contributed by atoms with van der Waals surface area (Å²) in [5.74, 6) is 1.98. The Kier molecular flexibility index (Phi) is 5.54. The van der Waals surface area contributed by atoms with Gasteiger partial charge in [0.15, 0.2) is 0 Å². The first kappa shape index (κ1) is 12.0. The largest absolute Gasteiger partial charge is 0.317 e. The monoisotopic (exact) mass is 197 g/mol. The second-order valence-electron chi connectivity index (χ2n) is 4.97. The third kappa shape index (κ3) is 4.00. The van der Waals surface area contributed by atoms with Crippen molar-refractivity contribution in [1.29, 1.82) is 0 Å². The van der Waals surface area contributed by atoms with Crippen LogP contribution in [-0.4, -0.2) is 13.1 Å². The average Bonchev–Trinajstić information content (AvgIpc) is 2.89. The summed E-state index contributed by atoms with van der Waals surface area (Å²) in [4.78, 5) is 0. The van der Waals surface area contributed by atoms with Crippen LogP contribution in [0.3, 0.4) is 0 Å². The van der Waals surface area contributed by atoms with Crippen molar-refractivity contribution >= 4 is 0 Å². The van der Waals surface area contributed by atoms with Crippen molar-refractivity contribution in [3.63, 3.8) is 0 Å². The summed E-state index contributed by atoms with van der Waals surface area (Å²) in [5, 5.41) is 3.49. The molecule has 1 fully saturated rings. The molecule has 0 aromatic heterocycles. The third-order valence-corrected chi connectivity index (χ3v) is 3.68. The Morgan fingerprint density at radius 3 is 2.36 bits per heavy atom. The SMILES string of the molecule is CCCCCCCC(NC)C1CC1C. The van der Waals surface area contributed by atoms with Crippen LogP contribution in [0.5, 0.6) is 0 Å². The van der Waals surface area contributed by atoms with E-state index in [1.807, 2.05) is 0 Å². The lowest BCUT2D eigenvalue weighted by Gasteiger charge is -2.15. The second-order valence-corrected chi connectivity index (χ2v) is 4.97. The Morgan fingerprint density at radius 2 is 1.86 bits per heavy atom. The zero-order valence-electron chi connectivity index (χ0n) is 10.2. The molecule has 3 atom stereocenters. The van der Waals surface area contributed by atoms with Crippen LogP contribution in [0.15, 0.2) is 0 Å². The highest BCUT2D eigenvalue weighted by Crippen LogP contribution is 2.41. The van der Waals surface area contributed by atoms with E-state index in [-0.39, 0.29) is 0 Å². The maximum absolute atomic E-state index is 3.49. The minimum absolute atomic E-state index is 0.812. The Hall–Kier alpha value is -0.0400. The molecule has 1 heteroatoms. The van der Waals surface area contributed by atoms with Gasteiger partial charge in [-0.15, -0.1) is 0 Å². The van der Waals surface area contributed by atoms with E-state index in [1.54, 1.807) is 0 Å². The van der Waals surface area contributed by atoms with E-state index in [1.165, 1.54) is 44.9 Å². The Morgan fingerprint density at radius 1 is 1.21 bits per heavy atom. The predicted octanol–water partition coefficient (Wildman–Crippen LogP) is 3.59. The van der Waals surface area contributed by atoms with Crippen LogP contribution in [0.25, 0.3) is 0 Å². The first-order valence-corrected chi connectivity index (χ1v) is 6.46. The Bertz CT molecular complexity index is 144. The van der Waals surface area contributed by atoms with Gasteiger partial charge in [0.2, 0.25) is 0 Å². The highest BCUT2D eigenvalue weighted by Gasteiger charge is 2.38. The van der Waals surface area contributed by atoms with Gasteiger partial charge in [0, 0.05) is 6.04 Å². The Labute approximate surface area is 89.7 Å². The van der Waals surface area contributed by atoms with Gasteiger partial charge < -0.3 is 5.32 Å². The zero-order valence-corrected chi connectivity index (χ0v) is 10.2. The molecule has 0 heterocycles. The summed E-state index contributed by atoms with van der Waals surface area (Å²) >= 11 is 0. The van der Waals surface area contributed by atoms with Crippen molar-refractivity contribution in [2.75, 3.05) is 7.05 Å². The Balaban J connectivity index is 1.98. The zero-order chi connectivity index (χ0) is 10.4. The molecular weight excluding hydrogens is 170 g/mol. The van der Waals surface area contributed by atoms with Crippen LogP contribution in [0.2, 0.25) is 0 Å². The first-order valence-electron chi connectivity index (χ1n) is 6.46. The molecule has 0 aliphatic heterocycles. The molecular formula is C13H27N. The molecule has 3 unspecified atom stereocenters. The standard InChI is InChI=1S/C13H27N/c1-4-5-6-7-8-9-13(14-3)12-10-11(12)2/h11-14H,4-10H2,1-3H3. The maximum atomic E-state index is 3.49. The van der Waals surface area contributed by atoms with E-state index in [0.717, 1.165) is 17.9 Å². The molecule has 1 nitrogen and oxygen atoms in total. The smallest absolute Gasteiger partial charge is 0.00949 e. The van der Waals surface area contributed by atoms with Gasteiger partial charge in [-0.25, -0.2) is 0 Å². The molecule has 1 rings (SSSR count). The highest BCUT2D eigenvalue weighted by atomic mass is 14.9. The summed E-state index contributed by atoms with van der Waals surface area (Å²) in [5.41, 5.74) is 0. The normalized spacial score (nSPS) is 27.6. The van der Waals surface area contributed by atoms with Crippen LogP contribution in [0, 0.1) is 11.8 Å². The van der Waals surface area contributed by atoms with E-state index >= 15 is 0 Å². The lowest BCUT2D eigenvalue weighted by Crippen LogP contribution is -2.27. The molecule has 1 N–H and O–H groups in total. The molecule has 0 saturated heterocycles. The van der Waals surface area contributed by atoms with Crippen molar-refractivity contribution in [2.45, 2.75) is 64.8 Å². The number of rotatable bonds is 8. The van der Waals surface area contributed by atoms with E-state index in [9.17, 15) is 0 Å². The predicted molar refractivity (Wildman–Crippen MR) is 63.5 cm³/mol. The van der Waals surface area contributed by atoms with Gasteiger partial charge in [-0.05, 0) is 31.7 Å². The maximum Gasteiger partial charge on any atom is 0.00949 e. The third-order valence-electron chi connectivity index (χ3n) is 3.68. The van der Waals surface area contributed by atoms with Crippen LogP contribution in [0.4, 0.5) is 0 Å². The average molecular weight is 197 g/mol. The molecule has 0 spiro atoms. The minimum atomic E-state index is 0.812. The number of nitrogens with one attached hydrogen (secondary N) is 1. The first-order chi connectivity index (χ1) is 6.79. The molecule has 84 valence electrons.